The van der Waals surface area contributed by atoms with Crippen LogP contribution in [-0.2, 0) is 11.2 Å². The van der Waals surface area contributed by atoms with E-state index in [-0.39, 0.29) is 12.4 Å². The van der Waals surface area contributed by atoms with Gasteiger partial charge in [-0.05, 0) is 17.7 Å². The van der Waals surface area contributed by atoms with E-state index in [1.807, 2.05) is 24.3 Å². The van der Waals surface area contributed by atoms with Gasteiger partial charge in [-0.25, -0.2) is 0 Å². The van der Waals surface area contributed by atoms with Crippen molar-refractivity contribution >= 4 is 21.7 Å². The first kappa shape index (κ1) is 9.42. The van der Waals surface area contributed by atoms with Crippen molar-refractivity contribution in [3.63, 3.8) is 0 Å². The van der Waals surface area contributed by atoms with Crippen LogP contribution in [0.25, 0.3) is 0 Å². The summed E-state index contributed by atoms with van der Waals surface area (Å²) in [6.07, 6.45) is 0.302. The second kappa shape index (κ2) is 4.38. The zero-order chi connectivity index (χ0) is 8.97. The molecule has 64 valence electrons. The minimum absolute atomic E-state index is 0.159. The van der Waals surface area contributed by atoms with E-state index in [0.29, 0.717) is 6.42 Å². The van der Waals surface area contributed by atoms with Gasteiger partial charge in [0, 0.05) is 10.9 Å². The van der Waals surface area contributed by atoms with Crippen molar-refractivity contribution in [3.05, 3.63) is 34.3 Å². The monoisotopic (exact) mass is 228 g/mol. The van der Waals surface area contributed by atoms with Crippen molar-refractivity contribution in [2.75, 3.05) is 6.61 Å². The molecule has 0 unspecified atom stereocenters. The van der Waals surface area contributed by atoms with Crippen LogP contribution in [0.4, 0.5) is 0 Å². The third-order valence-electron chi connectivity index (χ3n) is 1.47. The molecule has 0 spiro atoms. The summed E-state index contributed by atoms with van der Waals surface area (Å²) in [7, 11) is 0. The summed E-state index contributed by atoms with van der Waals surface area (Å²) in [4.78, 5) is 10.8. The maximum absolute atomic E-state index is 10.8. The number of ketones is 1. The summed E-state index contributed by atoms with van der Waals surface area (Å²) in [5.41, 5.74) is 0.920. The fourth-order valence-electron chi connectivity index (χ4n) is 0.930. The van der Waals surface area contributed by atoms with Crippen molar-refractivity contribution < 1.29 is 9.90 Å². The third-order valence-corrected chi connectivity index (χ3v) is 1.96. The number of Topliss-reactive ketones (excluding diaryl/α,β-unsaturated/α-hetero) is 1. The molecule has 0 heterocycles. The van der Waals surface area contributed by atoms with Crippen LogP contribution >= 0.6 is 15.9 Å². The molecule has 0 bridgehead atoms. The molecule has 0 aliphatic heterocycles. The van der Waals surface area contributed by atoms with Crippen LogP contribution in [-0.4, -0.2) is 17.5 Å². The molecule has 3 heteroatoms. The summed E-state index contributed by atoms with van der Waals surface area (Å²) in [6, 6.07) is 7.49. The summed E-state index contributed by atoms with van der Waals surface area (Å²) in [5, 5.41) is 8.50. The maximum Gasteiger partial charge on any atom is 0.162 e. The molecule has 0 fully saturated rings. The quantitative estimate of drug-likeness (QED) is 0.853. The molecule has 1 N–H and O–H groups in total. The van der Waals surface area contributed by atoms with Gasteiger partial charge in [-0.3, -0.25) is 4.79 Å². The van der Waals surface area contributed by atoms with Crippen LogP contribution in [0, 0.1) is 0 Å². The largest absolute Gasteiger partial charge is 0.389 e. The van der Waals surface area contributed by atoms with Crippen LogP contribution in [0.2, 0.25) is 0 Å². The summed E-state index contributed by atoms with van der Waals surface area (Å²) < 4.78 is 0.950. The Bertz CT molecular complexity index is 284. The molecule has 0 saturated carbocycles. The number of hydrogen-bond donors (Lipinski definition) is 1. The zero-order valence-electron chi connectivity index (χ0n) is 6.46. The van der Waals surface area contributed by atoms with E-state index in [1.54, 1.807) is 0 Å². The topological polar surface area (TPSA) is 37.3 Å². The molecule has 0 aliphatic rings. The van der Waals surface area contributed by atoms with Gasteiger partial charge < -0.3 is 5.11 Å². The average molecular weight is 229 g/mol. The molecule has 0 radical (unpaired) electrons. The number of benzene rings is 1. The second-order valence-electron chi connectivity index (χ2n) is 2.50. The lowest BCUT2D eigenvalue weighted by molar-refractivity contribution is -0.121. The number of aliphatic hydroxyl groups is 1. The molecule has 0 aliphatic carbocycles. The molecule has 2 nitrogen and oxygen atoms in total. The van der Waals surface area contributed by atoms with Crippen molar-refractivity contribution in [3.8, 4) is 0 Å². The lowest BCUT2D eigenvalue weighted by Crippen LogP contribution is -2.06. The van der Waals surface area contributed by atoms with Gasteiger partial charge in [0.25, 0.3) is 0 Å². The Labute approximate surface area is 79.3 Å². The molecule has 0 amide bonds. The maximum atomic E-state index is 10.8. The first-order valence-corrected chi connectivity index (χ1v) is 4.38. The summed E-state index contributed by atoms with van der Waals surface area (Å²) in [6.45, 7) is -0.382. The predicted molar refractivity (Wildman–Crippen MR) is 49.9 cm³/mol. The number of halogens is 1. The molecule has 0 aromatic heterocycles. The average Bonchev–Trinajstić information content (AvgIpc) is 2.04. The van der Waals surface area contributed by atoms with Gasteiger partial charge in [0.1, 0.15) is 6.61 Å². The Kier molecular flexibility index (Phi) is 3.44. The van der Waals surface area contributed by atoms with E-state index < -0.39 is 0 Å². The smallest absolute Gasteiger partial charge is 0.162 e. The Morgan fingerprint density at radius 3 is 2.83 bits per heavy atom. The van der Waals surface area contributed by atoms with Gasteiger partial charge in [-0.1, -0.05) is 28.1 Å². The highest BCUT2D eigenvalue weighted by molar-refractivity contribution is 9.10. The minimum atomic E-state index is -0.382. The fraction of sp³-hybridized carbons (Fsp3) is 0.222. The molecular weight excluding hydrogens is 220 g/mol. The van der Waals surface area contributed by atoms with E-state index in [9.17, 15) is 4.79 Å². The van der Waals surface area contributed by atoms with E-state index in [1.165, 1.54) is 0 Å². The number of carbonyl (C=O) groups excluding carboxylic acids is 1. The van der Waals surface area contributed by atoms with Gasteiger partial charge in [0.15, 0.2) is 5.78 Å². The van der Waals surface area contributed by atoms with Gasteiger partial charge in [-0.2, -0.15) is 0 Å². The first-order valence-electron chi connectivity index (χ1n) is 3.59. The SMILES string of the molecule is O=C(CO)Cc1cccc(Br)c1. The molecular formula is C9H9BrO2. The number of hydrogen-bond acceptors (Lipinski definition) is 2. The number of aliphatic hydroxyl groups excluding tert-OH is 1. The van der Waals surface area contributed by atoms with Crippen molar-refractivity contribution in [1.29, 1.82) is 0 Å². The van der Waals surface area contributed by atoms with Crippen LogP contribution < -0.4 is 0 Å². The Morgan fingerprint density at radius 2 is 2.25 bits per heavy atom. The van der Waals surface area contributed by atoms with E-state index in [2.05, 4.69) is 15.9 Å². The standard InChI is InChI=1S/C9H9BrO2/c10-8-3-1-2-7(4-8)5-9(12)6-11/h1-4,11H,5-6H2. The van der Waals surface area contributed by atoms with Gasteiger partial charge in [0.05, 0.1) is 0 Å². The van der Waals surface area contributed by atoms with E-state index in [0.717, 1.165) is 10.0 Å². The molecule has 12 heavy (non-hydrogen) atoms. The van der Waals surface area contributed by atoms with Crippen molar-refractivity contribution in [1.82, 2.24) is 0 Å². The highest BCUT2D eigenvalue weighted by atomic mass is 79.9. The lowest BCUT2D eigenvalue weighted by atomic mass is 10.1. The third kappa shape index (κ3) is 2.75. The van der Waals surface area contributed by atoms with Gasteiger partial charge >= 0.3 is 0 Å². The van der Waals surface area contributed by atoms with E-state index >= 15 is 0 Å². The molecule has 0 saturated heterocycles. The fourth-order valence-corrected chi connectivity index (χ4v) is 1.38. The van der Waals surface area contributed by atoms with Crippen molar-refractivity contribution in [2.45, 2.75) is 6.42 Å². The Morgan fingerprint density at radius 1 is 1.50 bits per heavy atom. The Hall–Kier alpha value is -0.670. The van der Waals surface area contributed by atoms with Crippen molar-refractivity contribution in [2.24, 2.45) is 0 Å². The van der Waals surface area contributed by atoms with E-state index in [4.69, 9.17) is 5.11 Å². The molecule has 1 aromatic carbocycles. The summed E-state index contributed by atoms with van der Waals surface area (Å²) >= 11 is 3.30. The zero-order valence-corrected chi connectivity index (χ0v) is 8.04. The normalized spacial score (nSPS) is 9.83. The molecule has 0 atom stereocenters. The molecule has 1 aromatic rings. The van der Waals surface area contributed by atoms with Crippen LogP contribution in [0.15, 0.2) is 28.7 Å². The first-order chi connectivity index (χ1) is 5.72. The predicted octanol–water partition coefficient (Wildman–Crippen LogP) is 1.55. The number of rotatable bonds is 3. The van der Waals surface area contributed by atoms with Crippen LogP contribution in [0.1, 0.15) is 5.56 Å². The summed E-state index contributed by atoms with van der Waals surface area (Å²) in [5.74, 6) is -0.159. The van der Waals surface area contributed by atoms with Gasteiger partial charge in [0.2, 0.25) is 0 Å². The minimum Gasteiger partial charge on any atom is -0.389 e. The molecule has 1 rings (SSSR count). The van der Waals surface area contributed by atoms with Crippen LogP contribution in [0.3, 0.4) is 0 Å². The van der Waals surface area contributed by atoms with Crippen LogP contribution in [0.5, 0.6) is 0 Å². The van der Waals surface area contributed by atoms with Gasteiger partial charge in [-0.15, -0.1) is 0 Å². The highest BCUT2D eigenvalue weighted by Crippen LogP contribution is 2.11. The Balaban J connectivity index is 2.69. The highest BCUT2D eigenvalue weighted by Gasteiger charge is 2.01. The lowest BCUT2D eigenvalue weighted by Gasteiger charge is -1.98. The second-order valence-corrected chi connectivity index (χ2v) is 3.42. The number of carbonyl (C=O) groups is 1.